The Hall–Kier alpha value is -3.08. The van der Waals surface area contributed by atoms with E-state index in [1.807, 2.05) is 48.0 Å². The van der Waals surface area contributed by atoms with Gasteiger partial charge in [0.25, 0.3) is 5.56 Å². The molecule has 1 unspecified atom stereocenters. The summed E-state index contributed by atoms with van der Waals surface area (Å²) in [6.45, 7) is 12.8. The van der Waals surface area contributed by atoms with Gasteiger partial charge in [-0.05, 0) is 49.9 Å². The number of pyridine rings is 2. The van der Waals surface area contributed by atoms with Crippen molar-refractivity contribution in [1.82, 2.24) is 14.5 Å². The first-order valence-corrected chi connectivity index (χ1v) is 10.5. The predicted octanol–water partition coefficient (Wildman–Crippen LogP) is 4.61. The number of aryl methyl sites for hydroxylation is 1. The molecular formula is C25H30N4O. The van der Waals surface area contributed by atoms with E-state index >= 15 is 0 Å². The van der Waals surface area contributed by atoms with E-state index in [2.05, 4.69) is 50.3 Å². The van der Waals surface area contributed by atoms with Gasteiger partial charge in [-0.15, -0.1) is 0 Å². The number of nitrogens with one attached hydrogen (secondary N) is 1. The quantitative estimate of drug-likeness (QED) is 0.530. The Balaban J connectivity index is 1.98. The molecule has 0 saturated carbocycles. The minimum Gasteiger partial charge on any atom is -0.363 e. The van der Waals surface area contributed by atoms with Crippen molar-refractivity contribution in [1.29, 1.82) is 0 Å². The average molecular weight is 403 g/mol. The van der Waals surface area contributed by atoms with Crippen molar-refractivity contribution in [3.8, 4) is 22.4 Å². The van der Waals surface area contributed by atoms with Crippen LogP contribution in [0.1, 0.15) is 38.8 Å². The third-order valence-electron chi connectivity index (χ3n) is 5.86. The van der Waals surface area contributed by atoms with Crippen LogP contribution in [0.3, 0.4) is 0 Å². The van der Waals surface area contributed by atoms with Gasteiger partial charge in [0.2, 0.25) is 0 Å². The van der Waals surface area contributed by atoms with Crippen molar-refractivity contribution in [3.63, 3.8) is 0 Å². The fraction of sp³-hybridized carbons (Fsp3) is 0.360. The van der Waals surface area contributed by atoms with Gasteiger partial charge < -0.3 is 14.5 Å². The van der Waals surface area contributed by atoms with Crippen LogP contribution in [0.4, 0.5) is 5.82 Å². The summed E-state index contributed by atoms with van der Waals surface area (Å²) in [5, 5.41) is 1.55. The average Bonchev–Trinajstić information content (AvgIpc) is 2.94. The van der Waals surface area contributed by atoms with Crippen LogP contribution in [-0.2, 0) is 0 Å². The largest absolute Gasteiger partial charge is 0.363 e. The lowest BCUT2D eigenvalue weighted by molar-refractivity contribution is 0.426. The molecule has 0 aliphatic carbocycles. The smallest absolute Gasteiger partial charge is 0.259 e. The summed E-state index contributed by atoms with van der Waals surface area (Å²) in [6.07, 6.45) is 2.87. The Morgan fingerprint density at radius 2 is 1.90 bits per heavy atom. The van der Waals surface area contributed by atoms with Crippen molar-refractivity contribution in [2.24, 2.45) is 5.92 Å². The third-order valence-corrected chi connectivity index (χ3v) is 5.86. The summed E-state index contributed by atoms with van der Waals surface area (Å²) >= 11 is 0. The number of benzene rings is 1. The van der Waals surface area contributed by atoms with Gasteiger partial charge in [0.15, 0.2) is 0 Å². The first kappa shape index (κ1) is 20.2. The summed E-state index contributed by atoms with van der Waals surface area (Å²) in [5.74, 6) is 1.44. The van der Waals surface area contributed by atoms with E-state index in [1.165, 1.54) is 0 Å². The molecule has 1 aromatic heterocycles. The molecule has 30 heavy (non-hydrogen) atoms. The van der Waals surface area contributed by atoms with Crippen molar-refractivity contribution >= 4 is 23.3 Å². The molecule has 5 nitrogen and oxygen atoms in total. The topological polar surface area (TPSA) is 53.9 Å². The molecule has 2 aromatic rings. The first-order valence-electron chi connectivity index (χ1n) is 10.5. The molecule has 0 bridgehead atoms. The lowest BCUT2D eigenvalue weighted by Gasteiger charge is -2.19. The molecule has 1 aromatic carbocycles. The molecular weight excluding hydrogens is 372 g/mol. The predicted molar refractivity (Wildman–Crippen MR) is 126 cm³/mol. The maximum absolute atomic E-state index is 13.3. The van der Waals surface area contributed by atoms with Gasteiger partial charge >= 0.3 is 0 Å². The minimum atomic E-state index is 0.0755. The van der Waals surface area contributed by atoms with Gasteiger partial charge in [0.05, 0.1) is 16.6 Å². The lowest BCUT2D eigenvalue weighted by Crippen LogP contribution is -2.21. The third kappa shape index (κ3) is 3.18. The van der Waals surface area contributed by atoms with Crippen LogP contribution >= 0.6 is 0 Å². The van der Waals surface area contributed by atoms with Crippen molar-refractivity contribution in [3.05, 3.63) is 51.7 Å². The Bertz CT molecular complexity index is 1300. The van der Waals surface area contributed by atoms with Gasteiger partial charge in [0.1, 0.15) is 5.82 Å². The number of rotatable bonds is 5. The lowest BCUT2D eigenvalue weighted by atomic mass is 9.95. The molecule has 3 heterocycles. The normalized spacial score (nSPS) is 12.9. The standard InChI is InChI=1S/C25H30N4O/c1-14(2)10-17(5)29-21-12-16(4)27-24-18(8-9-19(23(21)24)25(29)30)20-13-26-22(28(6)7)11-15(20)3/h8-9,11-14,17,27H,4,10H2,1-3,5-7H3. The van der Waals surface area contributed by atoms with Crippen LogP contribution in [-0.4, -0.2) is 28.6 Å². The summed E-state index contributed by atoms with van der Waals surface area (Å²) in [4.78, 5) is 23.4. The van der Waals surface area contributed by atoms with Crippen molar-refractivity contribution < 1.29 is 0 Å². The fourth-order valence-corrected chi connectivity index (χ4v) is 4.56. The van der Waals surface area contributed by atoms with Gasteiger partial charge in [-0.2, -0.15) is 0 Å². The molecule has 1 atom stereocenters. The number of hydrogen-bond acceptors (Lipinski definition) is 3. The van der Waals surface area contributed by atoms with E-state index in [4.69, 9.17) is 0 Å². The van der Waals surface area contributed by atoms with E-state index in [-0.39, 0.29) is 11.6 Å². The van der Waals surface area contributed by atoms with Crippen LogP contribution in [0.15, 0.2) is 35.3 Å². The second-order valence-electron chi connectivity index (χ2n) is 9.00. The van der Waals surface area contributed by atoms with Gasteiger partial charge in [0, 0.05) is 48.4 Å². The number of anilines is 1. The van der Waals surface area contributed by atoms with Crippen molar-refractivity contribution in [2.45, 2.75) is 40.2 Å². The van der Waals surface area contributed by atoms with E-state index in [1.54, 1.807) is 0 Å². The van der Waals surface area contributed by atoms with Crippen LogP contribution < -0.4 is 15.8 Å². The van der Waals surface area contributed by atoms with Gasteiger partial charge in [-0.3, -0.25) is 4.79 Å². The zero-order valence-corrected chi connectivity index (χ0v) is 18.7. The maximum atomic E-state index is 13.3. The SMILES string of the molecule is C=c1cc2n(C(C)CC(C)C)c(=O)c3ccc(-c4cnc(N(C)C)cc4C)c([nH]1)c3-2. The molecule has 2 aliphatic rings. The first-order chi connectivity index (χ1) is 14.2. The van der Waals surface area contributed by atoms with E-state index in [0.717, 1.165) is 56.4 Å². The molecule has 0 amide bonds. The molecule has 1 N–H and O–H groups in total. The summed E-state index contributed by atoms with van der Waals surface area (Å²) in [5.41, 5.74) is 6.21. The minimum absolute atomic E-state index is 0.0755. The number of H-pyrrole nitrogens is 1. The van der Waals surface area contributed by atoms with Crippen LogP contribution in [0, 0.1) is 12.8 Å². The molecule has 2 aliphatic heterocycles. The van der Waals surface area contributed by atoms with Crippen molar-refractivity contribution in [2.75, 3.05) is 19.0 Å². The molecule has 4 rings (SSSR count). The zero-order valence-electron chi connectivity index (χ0n) is 18.7. The summed E-state index contributed by atoms with van der Waals surface area (Å²) in [7, 11) is 3.98. The number of nitrogens with zero attached hydrogens (tertiary/aromatic N) is 3. The fourth-order valence-electron chi connectivity index (χ4n) is 4.56. The molecule has 0 fully saturated rings. The highest BCUT2D eigenvalue weighted by atomic mass is 16.1. The molecule has 0 spiro atoms. The Morgan fingerprint density at radius 3 is 2.53 bits per heavy atom. The summed E-state index contributed by atoms with van der Waals surface area (Å²) in [6, 6.07) is 8.21. The second kappa shape index (κ2) is 7.31. The number of hydrogen-bond donors (Lipinski definition) is 1. The van der Waals surface area contributed by atoms with Crippen LogP contribution in [0.2, 0.25) is 0 Å². The molecule has 0 saturated heterocycles. The number of aromatic nitrogens is 3. The van der Waals surface area contributed by atoms with Crippen LogP contribution in [0.25, 0.3) is 39.9 Å². The van der Waals surface area contributed by atoms with Gasteiger partial charge in [-0.25, -0.2) is 4.98 Å². The van der Waals surface area contributed by atoms with E-state index < -0.39 is 0 Å². The molecule has 0 radical (unpaired) electrons. The highest BCUT2D eigenvalue weighted by Crippen LogP contribution is 2.38. The number of aromatic amines is 1. The molecule has 5 heteroatoms. The van der Waals surface area contributed by atoms with E-state index in [9.17, 15) is 4.79 Å². The Kier molecular flexibility index (Phi) is 4.92. The molecule has 156 valence electrons. The second-order valence-corrected chi connectivity index (χ2v) is 9.00. The monoisotopic (exact) mass is 402 g/mol. The van der Waals surface area contributed by atoms with Crippen LogP contribution in [0.5, 0.6) is 0 Å². The highest BCUT2D eigenvalue weighted by Gasteiger charge is 2.25. The Morgan fingerprint density at radius 1 is 1.17 bits per heavy atom. The zero-order chi connectivity index (χ0) is 21.7. The Labute approximate surface area is 177 Å². The van der Waals surface area contributed by atoms with Gasteiger partial charge in [-0.1, -0.05) is 26.5 Å². The maximum Gasteiger partial charge on any atom is 0.259 e. The highest BCUT2D eigenvalue weighted by molar-refractivity contribution is 6.03. The van der Waals surface area contributed by atoms with E-state index in [0.29, 0.717) is 5.92 Å². The summed E-state index contributed by atoms with van der Waals surface area (Å²) < 4.78 is 1.95.